The summed E-state index contributed by atoms with van der Waals surface area (Å²) < 4.78 is 5.31. The van der Waals surface area contributed by atoms with Gasteiger partial charge in [0.25, 0.3) is 5.91 Å². The van der Waals surface area contributed by atoms with Gasteiger partial charge in [-0.2, -0.15) is 5.10 Å². The number of nitrogens with zero attached hydrogens (tertiary/aromatic N) is 3. The molecule has 8 heteroatoms. The van der Waals surface area contributed by atoms with Crippen molar-refractivity contribution in [3.63, 3.8) is 0 Å². The van der Waals surface area contributed by atoms with E-state index >= 15 is 0 Å². The van der Waals surface area contributed by atoms with Gasteiger partial charge in [0.1, 0.15) is 5.71 Å². The summed E-state index contributed by atoms with van der Waals surface area (Å²) in [5, 5.41) is 14.7. The van der Waals surface area contributed by atoms with Crippen molar-refractivity contribution < 1.29 is 24.2 Å². The first-order chi connectivity index (χ1) is 13.4. The molecule has 1 aliphatic rings. The number of anilines is 1. The average Bonchev–Trinajstić information content (AvgIpc) is 2.70. The number of rotatable bonds is 10. The summed E-state index contributed by atoms with van der Waals surface area (Å²) in [4.78, 5) is 38.0. The first-order valence-corrected chi connectivity index (χ1v) is 9.49. The van der Waals surface area contributed by atoms with E-state index in [-0.39, 0.29) is 36.9 Å². The summed E-state index contributed by atoms with van der Waals surface area (Å²) >= 11 is 0. The fourth-order valence-electron chi connectivity index (χ4n) is 2.85. The van der Waals surface area contributed by atoms with Gasteiger partial charge in [-0.1, -0.05) is 25.1 Å². The Morgan fingerprint density at radius 3 is 2.64 bits per heavy atom. The van der Waals surface area contributed by atoms with E-state index in [0.29, 0.717) is 31.9 Å². The molecule has 1 aromatic carbocycles. The van der Waals surface area contributed by atoms with Gasteiger partial charge in [-0.3, -0.25) is 14.4 Å². The van der Waals surface area contributed by atoms with Crippen LogP contribution in [0.4, 0.5) is 5.69 Å². The SMILES string of the molecule is CCOCCCN(CC(C)C(=O)O)C(=O)C1=NN(c2ccccc2)C(=O)CC1. The van der Waals surface area contributed by atoms with E-state index in [1.54, 1.807) is 31.2 Å². The fourth-order valence-corrected chi connectivity index (χ4v) is 2.85. The Bertz CT molecular complexity index is 720. The molecule has 28 heavy (non-hydrogen) atoms. The third kappa shape index (κ3) is 5.88. The molecule has 0 spiro atoms. The van der Waals surface area contributed by atoms with Crippen LogP contribution in [0.25, 0.3) is 0 Å². The normalized spacial score (nSPS) is 15.1. The van der Waals surface area contributed by atoms with Crippen LogP contribution in [0.3, 0.4) is 0 Å². The first kappa shape index (κ1) is 21.6. The third-order valence-corrected chi connectivity index (χ3v) is 4.40. The first-order valence-electron chi connectivity index (χ1n) is 9.49. The van der Waals surface area contributed by atoms with Crippen LogP contribution in [0.1, 0.15) is 33.1 Å². The van der Waals surface area contributed by atoms with Crippen LogP contribution in [-0.2, 0) is 19.1 Å². The Morgan fingerprint density at radius 2 is 2.00 bits per heavy atom. The van der Waals surface area contributed by atoms with Crippen molar-refractivity contribution in [3.8, 4) is 0 Å². The monoisotopic (exact) mass is 389 g/mol. The minimum absolute atomic E-state index is 0.0819. The number of benzene rings is 1. The molecule has 1 unspecified atom stereocenters. The number of aliphatic carboxylic acids is 1. The van der Waals surface area contributed by atoms with Crippen LogP contribution in [0.15, 0.2) is 35.4 Å². The topological polar surface area (TPSA) is 99.5 Å². The van der Waals surface area contributed by atoms with E-state index in [1.165, 1.54) is 9.91 Å². The van der Waals surface area contributed by atoms with Crippen LogP contribution in [0.5, 0.6) is 0 Å². The summed E-state index contributed by atoms with van der Waals surface area (Å²) in [6.07, 6.45) is 1.02. The Labute approximate surface area is 164 Å². The number of amides is 2. The van der Waals surface area contributed by atoms with Gasteiger partial charge in [0.05, 0.1) is 11.6 Å². The minimum atomic E-state index is -0.964. The molecule has 0 saturated heterocycles. The van der Waals surface area contributed by atoms with Gasteiger partial charge < -0.3 is 14.7 Å². The Kier molecular flexibility index (Phi) is 8.13. The maximum absolute atomic E-state index is 13.0. The lowest BCUT2D eigenvalue weighted by Crippen LogP contribution is -2.44. The maximum Gasteiger partial charge on any atom is 0.308 e. The highest BCUT2D eigenvalue weighted by atomic mass is 16.5. The molecule has 0 bridgehead atoms. The molecule has 0 saturated carbocycles. The highest BCUT2D eigenvalue weighted by Crippen LogP contribution is 2.20. The summed E-state index contributed by atoms with van der Waals surface area (Å²) in [5.41, 5.74) is 0.858. The Hall–Kier alpha value is -2.74. The van der Waals surface area contributed by atoms with Crippen molar-refractivity contribution in [2.75, 3.05) is 31.3 Å². The zero-order valence-electron chi connectivity index (χ0n) is 16.3. The average molecular weight is 389 g/mol. The molecule has 1 heterocycles. The van der Waals surface area contributed by atoms with Gasteiger partial charge in [0, 0.05) is 39.1 Å². The molecule has 152 valence electrons. The molecule has 0 fully saturated rings. The van der Waals surface area contributed by atoms with Gasteiger partial charge in [0.15, 0.2) is 0 Å². The number of carboxylic acids is 1. The zero-order valence-corrected chi connectivity index (χ0v) is 16.3. The lowest BCUT2D eigenvalue weighted by molar-refractivity contribution is -0.142. The number of hydrogen-bond acceptors (Lipinski definition) is 5. The van der Waals surface area contributed by atoms with Crippen LogP contribution >= 0.6 is 0 Å². The van der Waals surface area contributed by atoms with Crippen molar-refractivity contribution in [3.05, 3.63) is 30.3 Å². The number of ether oxygens (including phenoxy) is 1. The van der Waals surface area contributed by atoms with E-state index in [4.69, 9.17) is 4.74 Å². The van der Waals surface area contributed by atoms with E-state index in [9.17, 15) is 19.5 Å². The summed E-state index contributed by atoms with van der Waals surface area (Å²) in [6.45, 7) is 4.98. The third-order valence-electron chi connectivity index (χ3n) is 4.40. The van der Waals surface area contributed by atoms with E-state index in [0.717, 1.165) is 0 Å². The molecule has 2 rings (SSSR count). The second kappa shape index (κ2) is 10.6. The molecule has 0 radical (unpaired) electrons. The molecule has 8 nitrogen and oxygen atoms in total. The quantitative estimate of drug-likeness (QED) is 0.618. The van der Waals surface area contributed by atoms with Gasteiger partial charge in [-0.15, -0.1) is 0 Å². The predicted octanol–water partition coefficient (Wildman–Crippen LogP) is 2.15. The highest BCUT2D eigenvalue weighted by molar-refractivity contribution is 6.40. The number of carbonyl (C=O) groups is 3. The van der Waals surface area contributed by atoms with E-state index < -0.39 is 11.9 Å². The van der Waals surface area contributed by atoms with Crippen molar-refractivity contribution in [2.24, 2.45) is 11.0 Å². The Morgan fingerprint density at radius 1 is 1.29 bits per heavy atom. The summed E-state index contributed by atoms with van der Waals surface area (Å²) in [6, 6.07) is 8.93. The molecule has 0 aliphatic carbocycles. The second-order valence-electron chi connectivity index (χ2n) is 6.63. The lowest BCUT2D eigenvalue weighted by atomic mass is 10.1. The summed E-state index contributed by atoms with van der Waals surface area (Å²) in [5.74, 6) is -2.18. The molecule has 1 atom stereocenters. The van der Waals surface area contributed by atoms with Gasteiger partial charge in [0.2, 0.25) is 5.91 Å². The smallest absolute Gasteiger partial charge is 0.308 e. The summed E-state index contributed by atoms with van der Waals surface area (Å²) in [7, 11) is 0. The number of para-hydroxylation sites is 1. The molecular weight excluding hydrogens is 362 g/mol. The van der Waals surface area contributed by atoms with Crippen LogP contribution in [0, 0.1) is 5.92 Å². The minimum Gasteiger partial charge on any atom is -0.481 e. The standard InChI is InChI=1S/C20H27N3O5/c1-3-28-13-7-12-22(14-15(2)20(26)27)19(25)17-10-11-18(24)23(21-17)16-8-5-4-6-9-16/h4-6,8-9,15H,3,7,10-14H2,1-2H3,(H,26,27). The number of hydrogen-bond donors (Lipinski definition) is 1. The van der Waals surface area contributed by atoms with Crippen molar-refractivity contribution in [1.82, 2.24) is 4.90 Å². The lowest BCUT2D eigenvalue weighted by Gasteiger charge is -2.28. The van der Waals surface area contributed by atoms with Crippen molar-refractivity contribution in [1.29, 1.82) is 0 Å². The maximum atomic E-state index is 13.0. The van der Waals surface area contributed by atoms with Crippen LogP contribution in [-0.4, -0.2) is 59.8 Å². The number of carboxylic acid groups (broad SMARTS) is 1. The molecule has 2 amide bonds. The van der Waals surface area contributed by atoms with Gasteiger partial charge in [-0.25, -0.2) is 5.01 Å². The van der Waals surface area contributed by atoms with Crippen LogP contribution < -0.4 is 5.01 Å². The zero-order chi connectivity index (χ0) is 20.5. The van der Waals surface area contributed by atoms with E-state index in [2.05, 4.69) is 5.10 Å². The predicted molar refractivity (Wildman–Crippen MR) is 105 cm³/mol. The molecule has 1 aliphatic heterocycles. The molecule has 0 aromatic heterocycles. The van der Waals surface area contributed by atoms with E-state index in [1.807, 2.05) is 13.0 Å². The van der Waals surface area contributed by atoms with Crippen molar-refractivity contribution in [2.45, 2.75) is 33.1 Å². The number of carbonyl (C=O) groups excluding carboxylic acids is 2. The van der Waals surface area contributed by atoms with Crippen molar-refractivity contribution >= 4 is 29.2 Å². The number of hydrazone groups is 1. The highest BCUT2D eigenvalue weighted by Gasteiger charge is 2.29. The van der Waals surface area contributed by atoms with Gasteiger partial charge >= 0.3 is 5.97 Å². The van der Waals surface area contributed by atoms with Gasteiger partial charge in [-0.05, 0) is 25.5 Å². The molecular formula is C20H27N3O5. The largest absolute Gasteiger partial charge is 0.481 e. The van der Waals surface area contributed by atoms with Crippen LogP contribution in [0.2, 0.25) is 0 Å². The Balaban J connectivity index is 2.18. The molecule has 1 aromatic rings. The second-order valence-corrected chi connectivity index (χ2v) is 6.63. The molecule has 1 N–H and O–H groups in total. The fraction of sp³-hybridized carbons (Fsp3) is 0.500.